The highest BCUT2D eigenvalue weighted by molar-refractivity contribution is 5.95. The number of hydrogen-bond acceptors (Lipinski definition) is 6. The summed E-state index contributed by atoms with van der Waals surface area (Å²) in [6, 6.07) is 4.03. The number of nitrogens with two attached hydrogens (primary N) is 1. The molecular weight excluding hydrogens is 468 g/mol. The molecule has 1 aromatic carbocycles. The van der Waals surface area contributed by atoms with Crippen LogP contribution in [0.2, 0.25) is 0 Å². The van der Waals surface area contributed by atoms with E-state index in [9.17, 15) is 29.1 Å². The van der Waals surface area contributed by atoms with Crippen LogP contribution in [0.3, 0.4) is 0 Å². The first-order valence-corrected chi connectivity index (χ1v) is 12.1. The molecule has 0 saturated carbocycles. The Kier molecular flexibility index (Phi) is 12.6. The van der Waals surface area contributed by atoms with E-state index in [4.69, 9.17) is 10.8 Å². The van der Waals surface area contributed by atoms with Crippen LogP contribution in [0, 0.1) is 11.8 Å². The van der Waals surface area contributed by atoms with Crippen LogP contribution in [0.15, 0.2) is 30.3 Å². The van der Waals surface area contributed by atoms with Crippen molar-refractivity contribution in [2.45, 2.75) is 77.5 Å². The van der Waals surface area contributed by atoms with E-state index in [-0.39, 0.29) is 18.3 Å². The fraction of sp³-hybridized carbons (Fsp3) is 0.560. The van der Waals surface area contributed by atoms with Gasteiger partial charge in [-0.1, -0.05) is 70.9 Å². The Hall–Kier alpha value is -3.47. The van der Waals surface area contributed by atoms with E-state index >= 15 is 0 Å². The van der Waals surface area contributed by atoms with Crippen LogP contribution in [-0.2, 0) is 30.4 Å². The van der Waals surface area contributed by atoms with Crippen LogP contribution >= 0.6 is 0 Å². The summed E-state index contributed by atoms with van der Waals surface area (Å²) in [4.78, 5) is 61.5. The third-order valence-electron chi connectivity index (χ3n) is 6.26. The molecule has 6 atom stereocenters. The van der Waals surface area contributed by atoms with Gasteiger partial charge in [0.1, 0.15) is 18.1 Å². The number of carboxylic acids is 2. The summed E-state index contributed by atoms with van der Waals surface area (Å²) in [5, 5.41) is 25.8. The molecule has 0 aliphatic carbocycles. The highest BCUT2D eigenvalue weighted by atomic mass is 16.4. The second kappa shape index (κ2) is 14.8. The first-order chi connectivity index (χ1) is 16.9. The minimum atomic E-state index is -1.68. The molecule has 11 nitrogen and oxygen atoms in total. The molecular formula is C25H38N4O7. The van der Waals surface area contributed by atoms with E-state index in [1.165, 1.54) is 0 Å². The Balaban J connectivity index is 3.17. The summed E-state index contributed by atoms with van der Waals surface area (Å²) < 4.78 is 0. The molecule has 0 aliphatic heterocycles. The van der Waals surface area contributed by atoms with Crippen molar-refractivity contribution < 1.29 is 34.2 Å². The molecule has 11 heteroatoms. The van der Waals surface area contributed by atoms with Crippen LogP contribution in [0.1, 0.15) is 52.5 Å². The van der Waals surface area contributed by atoms with Gasteiger partial charge in [-0.15, -0.1) is 0 Å². The fourth-order valence-electron chi connectivity index (χ4n) is 3.43. The van der Waals surface area contributed by atoms with Gasteiger partial charge in [0, 0.05) is 6.42 Å². The zero-order chi connectivity index (χ0) is 27.4. The number of carbonyl (C=O) groups is 5. The van der Waals surface area contributed by atoms with E-state index in [1.54, 1.807) is 37.3 Å². The minimum absolute atomic E-state index is 0.0192. The number of benzene rings is 1. The molecule has 200 valence electrons. The maximum absolute atomic E-state index is 13.3. The molecule has 0 aliphatic rings. The zero-order valence-corrected chi connectivity index (χ0v) is 21.2. The fourth-order valence-corrected chi connectivity index (χ4v) is 3.43. The van der Waals surface area contributed by atoms with Crippen molar-refractivity contribution in [2.24, 2.45) is 17.6 Å². The number of hydrogen-bond donors (Lipinski definition) is 6. The van der Waals surface area contributed by atoms with Crippen molar-refractivity contribution in [2.75, 3.05) is 0 Å². The highest BCUT2D eigenvalue weighted by Crippen LogP contribution is 2.12. The summed E-state index contributed by atoms with van der Waals surface area (Å²) in [5.74, 6) is -5.28. The SMILES string of the molecule is CCC(C)C(N)C(=O)NC(C(=O)NC(Cc1ccccc1)C(=O)NC(CC(=O)O)C(=O)O)C(C)CC. The largest absolute Gasteiger partial charge is 0.481 e. The number of rotatable bonds is 15. The Labute approximate surface area is 211 Å². The van der Waals surface area contributed by atoms with Crippen LogP contribution in [-0.4, -0.2) is 64.0 Å². The molecule has 36 heavy (non-hydrogen) atoms. The van der Waals surface area contributed by atoms with Gasteiger partial charge in [0.25, 0.3) is 0 Å². The topological polar surface area (TPSA) is 188 Å². The van der Waals surface area contributed by atoms with Crippen LogP contribution in [0.5, 0.6) is 0 Å². The molecule has 0 fully saturated rings. The Bertz CT molecular complexity index is 909. The molecule has 0 aromatic heterocycles. The molecule has 0 heterocycles. The van der Waals surface area contributed by atoms with Gasteiger partial charge in [0.15, 0.2) is 0 Å². The Morgan fingerprint density at radius 3 is 1.86 bits per heavy atom. The second-order valence-electron chi connectivity index (χ2n) is 9.03. The number of amides is 3. The van der Waals surface area contributed by atoms with Gasteiger partial charge in [-0.25, -0.2) is 4.79 Å². The summed E-state index contributed by atoms with van der Waals surface area (Å²) >= 11 is 0. The van der Waals surface area contributed by atoms with E-state index in [1.807, 2.05) is 20.8 Å². The zero-order valence-electron chi connectivity index (χ0n) is 21.2. The van der Waals surface area contributed by atoms with Crippen molar-refractivity contribution in [3.8, 4) is 0 Å². The lowest BCUT2D eigenvalue weighted by Crippen LogP contribution is -2.59. The molecule has 1 aromatic rings. The van der Waals surface area contributed by atoms with Gasteiger partial charge in [-0.05, 0) is 17.4 Å². The van der Waals surface area contributed by atoms with Gasteiger partial charge in [0.05, 0.1) is 12.5 Å². The van der Waals surface area contributed by atoms with Crippen molar-refractivity contribution in [1.29, 1.82) is 0 Å². The standard InChI is InChI=1S/C25H38N4O7/c1-5-14(3)20(26)23(33)29-21(15(4)6-2)24(34)27-17(12-16-10-8-7-9-11-16)22(32)28-18(25(35)36)13-19(30)31/h7-11,14-15,17-18,20-21H,5-6,12-13,26H2,1-4H3,(H,27,34)(H,28,32)(H,29,33)(H,30,31)(H,35,36). The quantitative estimate of drug-likeness (QED) is 0.200. The lowest BCUT2D eigenvalue weighted by molar-refractivity contribution is -0.147. The average Bonchev–Trinajstić information content (AvgIpc) is 2.84. The molecule has 7 N–H and O–H groups in total. The molecule has 0 spiro atoms. The van der Waals surface area contributed by atoms with Gasteiger partial charge in [0.2, 0.25) is 17.7 Å². The monoisotopic (exact) mass is 506 g/mol. The predicted molar refractivity (Wildman–Crippen MR) is 133 cm³/mol. The number of carboxylic acid groups (broad SMARTS) is 2. The van der Waals surface area contributed by atoms with Crippen molar-refractivity contribution in [3.63, 3.8) is 0 Å². The van der Waals surface area contributed by atoms with E-state index in [2.05, 4.69) is 16.0 Å². The third kappa shape index (κ3) is 9.65. The normalized spacial score (nSPS) is 15.9. The van der Waals surface area contributed by atoms with E-state index < -0.39 is 60.2 Å². The molecule has 3 amide bonds. The Morgan fingerprint density at radius 1 is 0.806 bits per heavy atom. The predicted octanol–water partition coefficient (Wildman–Crippen LogP) is 0.662. The molecule has 0 radical (unpaired) electrons. The van der Waals surface area contributed by atoms with Gasteiger partial charge >= 0.3 is 11.9 Å². The lowest BCUT2D eigenvalue weighted by Gasteiger charge is -2.28. The molecule has 0 bridgehead atoms. The van der Waals surface area contributed by atoms with Crippen LogP contribution in [0.4, 0.5) is 0 Å². The second-order valence-corrected chi connectivity index (χ2v) is 9.03. The molecule has 1 rings (SSSR count). The van der Waals surface area contributed by atoms with Crippen LogP contribution < -0.4 is 21.7 Å². The van der Waals surface area contributed by atoms with Gasteiger partial charge in [-0.3, -0.25) is 19.2 Å². The molecule has 0 saturated heterocycles. The summed E-state index contributed by atoms with van der Waals surface area (Å²) in [6.45, 7) is 7.36. The first-order valence-electron chi connectivity index (χ1n) is 12.1. The van der Waals surface area contributed by atoms with Gasteiger partial charge in [-0.2, -0.15) is 0 Å². The summed E-state index contributed by atoms with van der Waals surface area (Å²) in [6.07, 6.45) is 0.416. The van der Waals surface area contributed by atoms with E-state index in [0.29, 0.717) is 18.4 Å². The highest BCUT2D eigenvalue weighted by Gasteiger charge is 2.33. The maximum atomic E-state index is 13.3. The summed E-state index contributed by atoms with van der Waals surface area (Å²) in [7, 11) is 0. The average molecular weight is 507 g/mol. The van der Waals surface area contributed by atoms with Crippen LogP contribution in [0.25, 0.3) is 0 Å². The number of carbonyl (C=O) groups excluding carboxylic acids is 3. The van der Waals surface area contributed by atoms with E-state index in [0.717, 1.165) is 0 Å². The van der Waals surface area contributed by atoms with Crippen molar-refractivity contribution in [3.05, 3.63) is 35.9 Å². The Morgan fingerprint density at radius 2 is 1.36 bits per heavy atom. The van der Waals surface area contributed by atoms with Gasteiger partial charge < -0.3 is 31.9 Å². The minimum Gasteiger partial charge on any atom is -0.481 e. The van der Waals surface area contributed by atoms with Crippen molar-refractivity contribution >= 4 is 29.7 Å². The smallest absolute Gasteiger partial charge is 0.326 e. The number of aliphatic carboxylic acids is 2. The molecule has 6 unspecified atom stereocenters. The maximum Gasteiger partial charge on any atom is 0.326 e. The lowest BCUT2D eigenvalue weighted by atomic mass is 9.95. The third-order valence-corrected chi connectivity index (χ3v) is 6.26. The summed E-state index contributed by atoms with van der Waals surface area (Å²) in [5.41, 5.74) is 6.71. The van der Waals surface area contributed by atoms with Crippen molar-refractivity contribution in [1.82, 2.24) is 16.0 Å². The first kappa shape index (κ1) is 30.6. The number of nitrogens with one attached hydrogen (secondary N) is 3.